The van der Waals surface area contributed by atoms with Crippen molar-refractivity contribution in [3.05, 3.63) is 45.9 Å². The fourth-order valence-electron chi connectivity index (χ4n) is 2.83. The molecule has 0 atom stereocenters. The Labute approximate surface area is 139 Å². The molecule has 1 amide bonds. The molecule has 0 aromatic carbocycles. The second kappa shape index (κ2) is 6.77. The number of anilines is 1. The molecule has 1 fully saturated rings. The highest BCUT2D eigenvalue weighted by Crippen LogP contribution is 2.11. The van der Waals surface area contributed by atoms with Crippen LogP contribution in [0.5, 0.6) is 0 Å². The summed E-state index contributed by atoms with van der Waals surface area (Å²) in [5.74, 6) is 1.19. The van der Waals surface area contributed by atoms with E-state index in [2.05, 4.69) is 24.8 Å². The van der Waals surface area contributed by atoms with E-state index in [9.17, 15) is 9.59 Å². The molecule has 0 spiro atoms. The van der Waals surface area contributed by atoms with E-state index in [-0.39, 0.29) is 17.9 Å². The summed E-state index contributed by atoms with van der Waals surface area (Å²) < 4.78 is 0. The second-order valence-corrected chi connectivity index (χ2v) is 5.81. The van der Waals surface area contributed by atoms with Crippen LogP contribution >= 0.6 is 0 Å². The maximum atomic E-state index is 12.5. The van der Waals surface area contributed by atoms with Crippen LogP contribution in [0.3, 0.4) is 0 Å². The van der Waals surface area contributed by atoms with Gasteiger partial charge in [0, 0.05) is 49.8 Å². The van der Waals surface area contributed by atoms with Gasteiger partial charge in [0.25, 0.3) is 5.56 Å². The van der Waals surface area contributed by atoms with Crippen molar-refractivity contribution >= 4 is 11.9 Å². The Hall–Kier alpha value is -2.77. The molecule has 0 saturated carbocycles. The Morgan fingerprint density at radius 3 is 2.46 bits per heavy atom. The van der Waals surface area contributed by atoms with Crippen LogP contribution in [-0.4, -0.2) is 56.9 Å². The first kappa shape index (κ1) is 16.1. The van der Waals surface area contributed by atoms with Crippen molar-refractivity contribution < 1.29 is 4.79 Å². The van der Waals surface area contributed by atoms with Crippen LogP contribution in [0, 0.1) is 13.8 Å². The van der Waals surface area contributed by atoms with Gasteiger partial charge in [0.15, 0.2) is 0 Å². The molecule has 8 nitrogen and oxygen atoms in total. The number of carbonyl (C=O) groups excluding carboxylic acids is 1. The molecular formula is C16H20N6O2. The molecule has 0 radical (unpaired) electrons. The number of nitrogens with one attached hydrogen (secondary N) is 1. The summed E-state index contributed by atoms with van der Waals surface area (Å²) >= 11 is 0. The number of amides is 1. The molecule has 1 aliphatic rings. The third-order valence-corrected chi connectivity index (χ3v) is 4.14. The van der Waals surface area contributed by atoms with Gasteiger partial charge in [0.2, 0.25) is 11.9 Å². The van der Waals surface area contributed by atoms with Crippen molar-refractivity contribution in [2.45, 2.75) is 20.3 Å². The molecular weight excluding hydrogens is 308 g/mol. The average Bonchev–Trinajstić information content (AvgIpc) is 2.59. The largest absolute Gasteiger partial charge is 0.339 e. The second-order valence-electron chi connectivity index (χ2n) is 5.81. The molecule has 1 saturated heterocycles. The summed E-state index contributed by atoms with van der Waals surface area (Å²) in [6.45, 7) is 6.02. The molecule has 2 aromatic rings. The number of carbonyl (C=O) groups is 1. The predicted octanol–water partition coefficient (Wildman–Crippen LogP) is 0.0680. The number of aromatic amines is 1. The standard InChI is InChI=1S/C16H20N6O2/c1-11-13(15(24)20-12(2)19-11)10-14(23)21-6-8-22(9-7-21)16-17-4-3-5-18-16/h3-5H,6-10H2,1-2H3,(H,19,20,24). The lowest BCUT2D eigenvalue weighted by atomic mass is 10.1. The third kappa shape index (κ3) is 3.42. The zero-order valence-corrected chi connectivity index (χ0v) is 13.8. The monoisotopic (exact) mass is 328 g/mol. The summed E-state index contributed by atoms with van der Waals surface area (Å²) in [6.07, 6.45) is 3.49. The quantitative estimate of drug-likeness (QED) is 0.856. The number of rotatable bonds is 3. The van der Waals surface area contributed by atoms with Gasteiger partial charge in [-0.1, -0.05) is 0 Å². The number of aryl methyl sites for hydroxylation is 2. The average molecular weight is 328 g/mol. The number of hydrogen-bond donors (Lipinski definition) is 1. The summed E-state index contributed by atoms with van der Waals surface area (Å²) in [5.41, 5.74) is 0.824. The van der Waals surface area contributed by atoms with Crippen molar-refractivity contribution in [1.29, 1.82) is 0 Å². The Kier molecular flexibility index (Phi) is 4.54. The van der Waals surface area contributed by atoms with E-state index in [0.717, 1.165) is 0 Å². The van der Waals surface area contributed by atoms with Crippen LogP contribution in [0.1, 0.15) is 17.1 Å². The smallest absolute Gasteiger partial charge is 0.254 e. The van der Waals surface area contributed by atoms with Gasteiger partial charge in [-0.3, -0.25) is 9.59 Å². The molecule has 1 aliphatic heterocycles. The minimum absolute atomic E-state index is 0.0529. The number of aromatic nitrogens is 4. The fourth-order valence-corrected chi connectivity index (χ4v) is 2.83. The van der Waals surface area contributed by atoms with Crippen LogP contribution in [-0.2, 0) is 11.2 Å². The van der Waals surface area contributed by atoms with Crippen LogP contribution in [0.2, 0.25) is 0 Å². The minimum atomic E-state index is -0.232. The van der Waals surface area contributed by atoms with Crippen molar-refractivity contribution in [2.24, 2.45) is 0 Å². The summed E-state index contributed by atoms with van der Waals surface area (Å²) in [6, 6.07) is 1.78. The molecule has 1 N–H and O–H groups in total. The molecule has 2 aromatic heterocycles. The van der Waals surface area contributed by atoms with Crippen molar-refractivity contribution in [3.8, 4) is 0 Å². The highest BCUT2D eigenvalue weighted by molar-refractivity contribution is 5.79. The topological polar surface area (TPSA) is 95.1 Å². The van der Waals surface area contributed by atoms with Crippen molar-refractivity contribution in [3.63, 3.8) is 0 Å². The Bertz CT molecular complexity index is 781. The first-order valence-corrected chi connectivity index (χ1v) is 7.90. The highest BCUT2D eigenvalue weighted by Gasteiger charge is 2.23. The zero-order chi connectivity index (χ0) is 17.1. The fraction of sp³-hybridized carbons (Fsp3) is 0.438. The van der Waals surface area contributed by atoms with Gasteiger partial charge in [0.1, 0.15) is 5.82 Å². The minimum Gasteiger partial charge on any atom is -0.339 e. The number of nitrogens with zero attached hydrogens (tertiary/aromatic N) is 5. The van der Waals surface area contributed by atoms with Gasteiger partial charge in [0.05, 0.1) is 6.42 Å². The van der Waals surface area contributed by atoms with Gasteiger partial charge in [-0.2, -0.15) is 0 Å². The van der Waals surface area contributed by atoms with Crippen molar-refractivity contribution in [2.75, 3.05) is 31.1 Å². The summed E-state index contributed by atoms with van der Waals surface area (Å²) in [7, 11) is 0. The lowest BCUT2D eigenvalue weighted by Crippen LogP contribution is -2.50. The first-order chi connectivity index (χ1) is 11.5. The third-order valence-electron chi connectivity index (χ3n) is 4.14. The Morgan fingerprint density at radius 2 is 1.83 bits per heavy atom. The van der Waals surface area contributed by atoms with E-state index in [4.69, 9.17) is 0 Å². The summed E-state index contributed by atoms with van der Waals surface area (Å²) in [4.78, 5) is 43.7. The van der Waals surface area contributed by atoms with E-state index in [1.807, 2.05) is 0 Å². The van der Waals surface area contributed by atoms with Crippen LogP contribution in [0.25, 0.3) is 0 Å². The van der Waals surface area contributed by atoms with E-state index >= 15 is 0 Å². The van der Waals surface area contributed by atoms with Crippen molar-refractivity contribution in [1.82, 2.24) is 24.8 Å². The maximum absolute atomic E-state index is 12.5. The van der Waals surface area contributed by atoms with E-state index in [1.54, 1.807) is 37.2 Å². The van der Waals surface area contributed by atoms with Gasteiger partial charge >= 0.3 is 0 Å². The van der Waals surface area contributed by atoms with E-state index in [1.165, 1.54) is 0 Å². The zero-order valence-electron chi connectivity index (χ0n) is 13.8. The van der Waals surface area contributed by atoms with Crippen LogP contribution in [0.15, 0.2) is 23.3 Å². The highest BCUT2D eigenvalue weighted by atomic mass is 16.2. The van der Waals surface area contributed by atoms with Gasteiger partial charge in [-0.25, -0.2) is 15.0 Å². The lowest BCUT2D eigenvalue weighted by molar-refractivity contribution is -0.130. The molecule has 0 bridgehead atoms. The summed E-state index contributed by atoms with van der Waals surface area (Å²) in [5, 5.41) is 0. The van der Waals surface area contributed by atoms with E-state index in [0.29, 0.717) is 49.2 Å². The lowest BCUT2D eigenvalue weighted by Gasteiger charge is -2.34. The number of piperazine rings is 1. The number of H-pyrrole nitrogens is 1. The van der Waals surface area contributed by atoms with Gasteiger partial charge in [-0.15, -0.1) is 0 Å². The predicted molar refractivity (Wildman–Crippen MR) is 88.9 cm³/mol. The normalized spacial score (nSPS) is 14.8. The SMILES string of the molecule is Cc1nc(C)c(CC(=O)N2CCN(c3ncccn3)CC2)c(=O)[nH]1. The van der Waals surface area contributed by atoms with Gasteiger partial charge in [-0.05, 0) is 19.9 Å². The molecule has 8 heteroatoms. The molecule has 24 heavy (non-hydrogen) atoms. The molecule has 3 heterocycles. The number of hydrogen-bond acceptors (Lipinski definition) is 6. The maximum Gasteiger partial charge on any atom is 0.254 e. The van der Waals surface area contributed by atoms with Gasteiger partial charge < -0.3 is 14.8 Å². The molecule has 126 valence electrons. The first-order valence-electron chi connectivity index (χ1n) is 7.90. The molecule has 0 aliphatic carbocycles. The Morgan fingerprint density at radius 1 is 1.17 bits per heavy atom. The van der Waals surface area contributed by atoms with Crippen LogP contribution in [0.4, 0.5) is 5.95 Å². The Balaban J connectivity index is 1.63. The molecule has 0 unspecified atom stereocenters. The molecule has 3 rings (SSSR count). The van der Waals surface area contributed by atoms with Crippen LogP contribution < -0.4 is 10.5 Å². The van der Waals surface area contributed by atoms with E-state index < -0.39 is 0 Å².